The van der Waals surface area contributed by atoms with Crippen LogP contribution in [0, 0.1) is 5.82 Å². The average Bonchev–Trinajstić information content (AvgIpc) is 2.51. The van der Waals surface area contributed by atoms with Gasteiger partial charge in [0.1, 0.15) is 5.82 Å². The lowest BCUT2D eigenvalue weighted by Gasteiger charge is -2.25. The summed E-state index contributed by atoms with van der Waals surface area (Å²) in [4.78, 5) is 0. The number of nitrogens with one attached hydrogen (secondary N) is 1. The van der Waals surface area contributed by atoms with Crippen LogP contribution in [0.15, 0.2) is 18.2 Å². The minimum Gasteiger partial charge on any atom is -0.309 e. The van der Waals surface area contributed by atoms with Crippen LogP contribution in [-0.4, -0.2) is 17.5 Å². The Morgan fingerprint density at radius 1 is 1.33 bits per heavy atom. The van der Waals surface area contributed by atoms with E-state index in [0.29, 0.717) is 5.02 Å². The molecule has 4 heteroatoms. The van der Waals surface area contributed by atoms with E-state index in [4.69, 9.17) is 11.6 Å². The fourth-order valence-corrected chi connectivity index (χ4v) is 4.50. The second-order valence-corrected chi connectivity index (χ2v) is 7.51. The van der Waals surface area contributed by atoms with Gasteiger partial charge in [-0.25, -0.2) is 4.39 Å². The van der Waals surface area contributed by atoms with Gasteiger partial charge in [-0.3, -0.25) is 0 Å². The highest BCUT2D eigenvalue weighted by Gasteiger charge is 2.19. The molecule has 1 nitrogen and oxygen atoms in total. The van der Waals surface area contributed by atoms with Crippen LogP contribution in [-0.2, 0) is 0 Å². The van der Waals surface area contributed by atoms with Crippen LogP contribution in [0.4, 0.5) is 4.39 Å². The van der Waals surface area contributed by atoms with Crippen LogP contribution < -0.4 is 5.32 Å². The maximum absolute atomic E-state index is 13.5. The Kier molecular flexibility index (Phi) is 7.35. The van der Waals surface area contributed by atoms with Gasteiger partial charge in [0.25, 0.3) is 0 Å². The molecule has 1 saturated carbocycles. The van der Waals surface area contributed by atoms with Gasteiger partial charge >= 0.3 is 0 Å². The molecule has 0 aromatic heterocycles. The van der Waals surface area contributed by atoms with Crippen LogP contribution in [0.5, 0.6) is 0 Å². The summed E-state index contributed by atoms with van der Waals surface area (Å²) >= 11 is 8.30. The Labute approximate surface area is 137 Å². The molecule has 0 aliphatic heterocycles. The van der Waals surface area contributed by atoms with Gasteiger partial charge in [-0.05, 0) is 49.6 Å². The molecule has 0 heterocycles. The summed E-state index contributed by atoms with van der Waals surface area (Å²) in [5, 5.41) is 4.94. The molecule has 1 unspecified atom stereocenters. The predicted octanol–water partition coefficient (Wildman–Crippen LogP) is 5.59. The summed E-state index contributed by atoms with van der Waals surface area (Å²) in [5.74, 6) is 0.758. The summed E-state index contributed by atoms with van der Waals surface area (Å²) in [5.41, 5.74) is 0.897. The normalized spacial score (nSPS) is 17.9. The molecule has 2 rings (SSSR count). The van der Waals surface area contributed by atoms with E-state index in [1.54, 1.807) is 12.1 Å². The van der Waals surface area contributed by atoms with Crippen LogP contribution >= 0.6 is 23.4 Å². The first-order chi connectivity index (χ1) is 10.2. The topological polar surface area (TPSA) is 12.0 Å². The van der Waals surface area contributed by atoms with E-state index in [9.17, 15) is 4.39 Å². The van der Waals surface area contributed by atoms with Gasteiger partial charge in [-0.2, -0.15) is 11.8 Å². The van der Waals surface area contributed by atoms with Gasteiger partial charge in [0.05, 0.1) is 0 Å². The molecular weight excluding hydrogens is 305 g/mol. The summed E-state index contributed by atoms with van der Waals surface area (Å²) in [6.45, 7) is 3.08. The number of rotatable bonds is 7. The summed E-state index contributed by atoms with van der Waals surface area (Å²) in [6.07, 6.45) is 7.79. The Hall–Kier alpha value is -0.250. The molecule has 0 amide bonds. The fraction of sp³-hybridized carbons (Fsp3) is 0.647. The van der Waals surface area contributed by atoms with E-state index < -0.39 is 0 Å². The monoisotopic (exact) mass is 329 g/mol. The molecule has 1 aliphatic carbocycles. The lowest BCUT2D eigenvalue weighted by Crippen LogP contribution is -2.25. The quantitative estimate of drug-likeness (QED) is 0.700. The van der Waals surface area contributed by atoms with E-state index in [2.05, 4.69) is 12.2 Å². The molecule has 0 spiro atoms. The zero-order valence-corrected chi connectivity index (χ0v) is 14.3. The van der Waals surface area contributed by atoms with Crippen molar-refractivity contribution in [2.45, 2.75) is 56.7 Å². The first kappa shape index (κ1) is 17.1. The van der Waals surface area contributed by atoms with Gasteiger partial charge in [-0.1, -0.05) is 37.8 Å². The molecule has 1 atom stereocenters. The molecular formula is C17H25ClFNS. The molecule has 1 fully saturated rings. The van der Waals surface area contributed by atoms with Crippen molar-refractivity contribution < 1.29 is 4.39 Å². The van der Waals surface area contributed by atoms with Gasteiger partial charge in [0.2, 0.25) is 0 Å². The number of halogens is 2. The van der Waals surface area contributed by atoms with Crippen molar-refractivity contribution in [1.82, 2.24) is 5.32 Å². The molecule has 0 saturated heterocycles. The number of benzene rings is 1. The minimum atomic E-state index is -0.208. The van der Waals surface area contributed by atoms with E-state index in [1.165, 1.54) is 38.2 Å². The highest BCUT2D eigenvalue weighted by molar-refractivity contribution is 7.99. The molecule has 1 aromatic carbocycles. The Morgan fingerprint density at radius 3 is 2.81 bits per heavy atom. The maximum Gasteiger partial charge on any atom is 0.123 e. The molecule has 1 N–H and O–H groups in total. The van der Waals surface area contributed by atoms with E-state index in [-0.39, 0.29) is 11.9 Å². The van der Waals surface area contributed by atoms with Crippen molar-refractivity contribution in [3.63, 3.8) is 0 Å². The molecule has 0 bridgehead atoms. The Balaban J connectivity index is 2.00. The first-order valence-electron chi connectivity index (χ1n) is 8.00. The maximum atomic E-state index is 13.5. The summed E-state index contributed by atoms with van der Waals surface area (Å²) in [7, 11) is 0. The van der Waals surface area contributed by atoms with Gasteiger partial charge in [0, 0.05) is 22.1 Å². The Morgan fingerprint density at radius 2 is 2.10 bits per heavy atom. The Bertz CT molecular complexity index is 435. The van der Waals surface area contributed by atoms with Crippen LogP contribution in [0.3, 0.4) is 0 Å². The molecule has 21 heavy (non-hydrogen) atoms. The van der Waals surface area contributed by atoms with Crippen LogP contribution in [0.2, 0.25) is 5.02 Å². The lowest BCUT2D eigenvalue weighted by molar-refractivity contribution is 0.513. The minimum absolute atomic E-state index is 0.139. The largest absolute Gasteiger partial charge is 0.309 e. The van der Waals surface area contributed by atoms with Crippen molar-refractivity contribution in [2.24, 2.45) is 0 Å². The molecule has 118 valence electrons. The second-order valence-electron chi connectivity index (χ2n) is 5.77. The van der Waals surface area contributed by atoms with Crippen LogP contribution in [0.25, 0.3) is 0 Å². The highest BCUT2D eigenvalue weighted by atomic mass is 35.5. The third kappa shape index (κ3) is 5.46. The SMILES string of the molecule is CCCNC(CSC1CCCCC1)c1cc(F)ccc1Cl. The van der Waals surface area contributed by atoms with Gasteiger partial charge in [-0.15, -0.1) is 0 Å². The third-order valence-electron chi connectivity index (χ3n) is 4.02. The van der Waals surface area contributed by atoms with Crippen molar-refractivity contribution in [1.29, 1.82) is 0 Å². The van der Waals surface area contributed by atoms with Crippen molar-refractivity contribution in [2.75, 3.05) is 12.3 Å². The van der Waals surface area contributed by atoms with Crippen LogP contribution in [0.1, 0.15) is 57.1 Å². The predicted molar refractivity (Wildman–Crippen MR) is 91.8 cm³/mol. The molecule has 0 radical (unpaired) electrons. The van der Waals surface area contributed by atoms with Gasteiger partial charge in [0.15, 0.2) is 0 Å². The van der Waals surface area contributed by atoms with Crippen molar-refractivity contribution in [3.8, 4) is 0 Å². The van der Waals surface area contributed by atoms with Crippen molar-refractivity contribution >= 4 is 23.4 Å². The average molecular weight is 330 g/mol. The molecule has 1 aliphatic rings. The zero-order valence-electron chi connectivity index (χ0n) is 12.7. The third-order valence-corrected chi connectivity index (χ3v) is 5.84. The number of thioether (sulfide) groups is 1. The zero-order chi connectivity index (χ0) is 15.1. The van der Waals surface area contributed by atoms with E-state index in [1.807, 2.05) is 11.8 Å². The molecule has 1 aromatic rings. The van der Waals surface area contributed by atoms with E-state index >= 15 is 0 Å². The lowest BCUT2D eigenvalue weighted by atomic mass is 10.0. The smallest absolute Gasteiger partial charge is 0.123 e. The fourth-order valence-electron chi connectivity index (χ4n) is 2.82. The standard InChI is InChI=1S/C17H25ClFNS/c1-2-10-20-17(12-21-14-6-4-3-5-7-14)15-11-13(19)8-9-16(15)18/h8-9,11,14,17,20H,2-7,10,12H2,1H3. The van der Waals surface area contributed by atoms with E-state index in [0.717, 1.165) is 29.5 Å². The number of hydrogen-bond donors (Lipinski definition) is 1. The summed E-state index contributed by atoms with van der Waals surface area (Å²) in [6, 6.07) is 4.81. The number of hydrogen-bond acceptors (Lipinski definition) is 2. The van der Waals surface area contributed by atoms with Crippen molar-refractivity contribution in [3.05, 3.63) is 34.6 Å². The highest BCUT2D eigenvalue weighted by Crippen LogP contribution is 2.33. The van der Waals surface area contributed by atoms with Gasteiger partial charge < -0.3 is 5.32 Å². The summed E-state index contributed by atoms with van der Waals surface area (Å²) < 4.78 is 13.5. The first-order valence-corrected chi connectivity index (χ1v) is 9.43. The second kappa shape index (κ2) is 9.02.